The summed E-state index contributed by atoms with van der Waals surface area (Å²) in [6, 6.07) is 6.61. The van der Waals surface area contributed by atoms with E-state index in [1.165, 1.54) is 0 Å². The van der Waals surface area contributed by atoms with E-state index in [0.717, 1.165) is 20.3 Å². The van der Waals surface area contributed by atoms with Crippen LogP contribution in [0.1, 0.15) is 13.8 Å². The minimum atomic E-state index is -3.95. The van der Waals surface area contributed by atoms with Crippen molar-refractivity contribution in [2.45, 2.75) is 24.1 Å². The molecule has 8 heteroatoms. The third-order valence-corrected chi connectivity index (χ3v) is 7.22. The van der Waals surface area contributed by atoms with Gasteiger partial charge in [0.1, 0.15) is 6.54 Å². The topological polar surface area (TPSA) is 74.7 Å². The maximum Gasteiger partial charge on any atom is 0.318 e. The highest BCUT2D eigenvalue weighted by Crippen LogP contribution is 2.39. The van der Waals surface area contributed by atoms with Crippen molar-refractivity contribution < 1.29 is 18.3 Å². The van der Waals surface area contributed by atoms with Crippen molar-refractivity contribution in [2.75, 3.05) is 6.54 Å². The Kier molecular flexibility index (Phi) is 4.57. The number of fused-ring (bicyclic) bond motifs is 1. The highest BCUT2D eigenvalue weighted by Gasteiger charge is 2.33. The van der Waals surface area contributed by atoms with Crippen LogP contribution in [0.3, 0.4) is 0 Å². The second-order valence-electron chi connectivity index (χ2n) is 4.74. The van der Waals surface area contributed by atoms with E-state index in [9.17, 15) is 13.2 Å². The molecule has 1 heterocycles. The van der Waals surface area contributed by atoms with Gasteiger partial charge in [0, 0.05) is 16.1 Å². The van der Waals surface area contributed by atoms with Crippen LogP contribution in [-0.4, -0.2) is 36.4 Å². The van der Waals surface area contributed by atoms with E-state index in [-0.39, 0.29) is 9.23 Å². The Morgan fingerprint density at radius 2 is 2.00 bits per heavy atom. The molecule has 2 rings (SSSR count). The number of hydrogen-bond acceptors (Lipinski definition) is 4. The van der Waals surface area contributed by atoms with Crippen molar-refractivity contribution in [1.82, 2.24) is 4.31 Å². The molecule has 0 aliphatic heterocycles. The Balaban J connectivity index is 2.59. The maximum absolute atomic E-state index is 12.7. The molecule has 0 saturated carbocycles. The Morgan fingerprint density at radius 1 is 1.38 bits per heavy atom. The minimum absolute atomic E-state index is 0.0136. The fourth-order valence-electron chi connectivity index (χ4n) is 1.94. The summed E-state index contributed by atoms with van der Waals surface area (Å²) in [4.78, 5) is 10.9. The lowest BCUT2D eigenvalue weighted by Crippen LogP contribution is -2.40. The van der Waals surface area contributed by atoms with E-state index in [4.69, 9.17) is 16.7 Å². The molecule has 1 N–H and O–H groups in total. The molecule has 21 heavy (non-hydrogen) atoms. The normalized spacial score (nSPS) is 12.4. The Bertz CT molecular complexity index is 783. The molecule has 5 nitrogen and oxygen atoms in total. The number of thiophene rings is 1. The van der Waals surface area contributed by atoms with Gasteiger partial charge in [0.25, 0.3) is 10.0 Å². The molecular formula is C13H14ClNO4S2. The standard InChI is InChI=1S/C13H14ClNO4S2/c1-8(2)15(7-11(16)17)21(18,19)13-12(14)9-5-3-4-6-10(9)20-13/h3-6,8H,7H2,1-2H3,(H,16,17). The number of hydrogen-bond donors (Lipinski definition) is 1. The zero-order chi connectivity index (χ0) is 15.8. The summed E-state index contributed by atoms with van der Waals surface area (Å²) in [6.45, 7) is 2.66. The Labute approximate surface area is 131 Å². The first-order chi connectivity index (χ1) is 9.75. The fourth-order valence-corrected chi connectivity index (χ4v) is 5.76. The van der Waals surface area contributed by atoms with Crippen LogP contribution >= 0.6 is 22.9 Å². The monoisotopic (exact) mass is 347 g/mol. The molecule has 2 aromatic rings. The van der Waals surface area contributed by atoms with Crippen LogP contribution in [0.5, 0.6) is 0 Å². The molecule has 1 aromatic carbocycles. The van der Waals surface area contributed by atoms with Crippen molar-refractivity contribution in [3.05, 3.63) is 29.3 Å². The molecule has 0 radical (unpaired) electrons. The van der Waals surface area contributed by atoms with Crippen LogP contribution in [0.2, 0.25) is 5.02 Å². The largest absolute Gasteiger partial charge is 0.480 e. The first kappa shape index (κ1) is 16.2. The summed E-state index contributed by atoms with van der Waals surface area (Å²) in [5.41, 5.74) is 0. The second kappa shape index (κ2) is 5.92. The molecule has 0 fully saturated rings. The number of aliphatic carboxylic acids is 1. The van der Waals surface area contributed by atoms with E-state index in [1.54, 1.807) is 38.1 Å². The number of halogens is 1. The molecule has 0 saturated heterocycles. The van der Waals surface area contributed by atoms with Crippen molar-refractivity contribution in [3.63, 3.8) is 0 Å². The summed E-state index contributed by atoms with van der Waals surface area (Å²) in [5, 5.41) is 9.72. The molecule has 0 aliphatic rings. The van der Waals surface area contributed by atoms with Crippen molar-refractivity contribution in [1.29, 1.82) is 0 Å². The number of sulfonamides is 1. The van der Waals surface area contributed by atoms with Crippen LogP contribution in [-0.2, 0) is 14.8 Å². The van der Waals surface area contributed by atoms with Crippen molar-refractivity contribution in [3.8, 4) is 0 Å². The van der Waals surface area contributed by atoms with E-state index < -0.39 is 28.6 Å². The number of nitrogens with zero attached hydrogens (tertiary/aromatic N) is 1. The predicted octanol–water partition coefficient (Wildman–Crippen LogP) is 3.04. The summed E-state index contributed by atoms with van der Waals surface area (Å²) in [7, 11) is -3.95. The number of carbonyl (C=O) groups is 1. The molecule has 1 aromatic heterocycles. The molecule has 0 bridgehead atoms. The summed E-state index contributed by atoms with van der Waals surface area (Å²) < 4.78 is 27.0. The van der Waals surface area contributed by atoms with Crippen LogP contribution in [0.4, 0.5) is 0 Å². The zero-order valence-electron chi connectivity index (χ0n) is 11.4. The van der Waals surface area contributed by atoms with Gasteiger partial charge in [-0.05, 0) is 19.9 Å². The lowest BCUT2D eigenvalue weighted by molar-refractivity contribution is -0.137. The Morgan fingerprint density at radius 3 is 2.52 bits per heavy atom. The van der Waals surface area contributed by atoms with Gasteiger partial charge in [-0.3, -0.25) is 4.79 Å². The van der Waals surface area contributed by atoms with Gasteiger partial charge >= 0.3 is 5.97 Å². The van der Waals surface area contributed by atoms with Gasteiger partial charge in [-0.25, -0.2) is 8.42 Å². The van der Waals surface area contributed by atoms with Gasteiger partial charge in [-0.1, -0.05) is 29.8 Å². The molecular weight excluding hydrogens is 334 g/mol. The van der Waals surface area contributed by atoms with E-state index in [0.29, 0.717) is 5.39 Å². The third kappa shape index (κ3) is 3.06. The molecule has 0 spiro atoms. The van der Waals surface area contributed by atoms with Crippen molar-refractivity contribution >= 4 is 49.0 Å². The van der Waals surface area contributed by atoms with Crippen LogP contribution in [0.15, 0.2) is 28.5 Å². The smallest absolute Gasteiger partial charge is 0.318 e. The SMILES string of the molecule is CC(C)N(CC(=O)O)S(=O)(=O)c1sc2ccccc2c1Cl. The second-order valence-corrected chi connectivity index (χ2v) is 8.25. The van der Waals surface area contributed by atoms with Crippen LogP contribution < -0.4 is 0 Å². The lowest BCUT2D eigenvalue weighted by atomic mass is 10.3. The predicted molar refractivity (Wildman–Crippen MR) is 83.5 cm³/mol. The maximum atomic E-state index is 12.7. The summed E-state index contributed by atoms with van der Waals surface area (Å²) >= 11 is 7.23. The molecule has 0 atom stereocenters. The van der Waals surface area contributed by atoms with Gasteiger partial charge in [0.15, 0.2) is 4.21 Å². The third-order valence-electron chi connectivity index (χ3n) is 2.92. The quantitative estimate of drug-likeness (QED) is 0.902. The van der Waals surface area contributed by atoms with E-state index in [2.05, 4.69) is 0 Å². The van der Waals surface area contributed by atoms with Gasteiger partial charge in [0.05, 0.1) is 5.02 Å². The fraction of sp³-hybridized carbons (Fsp3) is 0.308. The molecule has 0 aliphatic carbocycles. The minimum Gasteiger partial charge on any atom is -0.480 e. The number of rotatable bonds is 5. The Hall–Kier alpha value is -1.15. The van der Waals surface area contributed by atoms with Crippen LogP contribution in [0.25, 0.3) is 10.1 Å². The van der Waals surface area contributed by atoms with Crippen LogP contribution in [0, 0.1) is 0 Å². The number of carboxylic acids is 1. The van der Waals surface area contributed by atoms with Gasteiger partial charge < -0.3 is 5.11 Å². The van der Waals surface area contributed by atoms with E-state index >= 15 is 0 Å². The first-order valence-corrected chi connectivity index (χ1v) is 8.79. The molecule has 0 amide bonds. The molecule has 114 valence electrons. The van der Waals surface area contributed by atoms with Crippen molar-refractivity contribution in [2.24, 2.45) is 0 Å². The lowest BCUT2D eigenvalue weighted by Gasteiger charge is -2.23. The highest BCUT2D eigenvalue weighted by atomic mass is 35.5. The van der Waals surface area contributed by atoms with E-state index in [1.807, 2.05) is 0 Å². The number of carboxylic acid groups (broad SMARTS) is 1. The first-order valence-electron chi connectivity index (χ1n) is 6.16. The number of benzene rings is 1. The summed E-state index contributed by atoms with van der Waals surface area (Å²) in [5.74, 6) is -1.20. The van der Waals surface area contributed by atoms with Gasteiger partial charge in [-0.15, -0.1) is 11.3 Å². The van der Waals surface area contributed by atoms with Gasteiger partial charge in [-0.2, -0.15) is 4.31 Å². The van der Waals surface area contributed by atoms with Gasteiger partial charge in [0.2, 0.25) is 0 Å². The molecule has 0 unspecified atom stereocenters. The highest BCUT2D eigenvalue weighted by molar-refractivity contribution is 7.91. The summed E-state index contributed by atoms with van der Waals surface area (Å²) in [6.07, 6.45) is 0. The zero-order valence-corrected chi connectivity index (χ0v) is 13.8. The average molecular weight is 348 g/mol. The average Bonchev–Trinajstić information content (AvgIpc) is 2.74.